The van der Waals surface area contributed by atoms with Gasteiger partial charge in [-0.1, -0.05) is 13.3 Å². The zero-order chi connectivity index (χ0) is 13.7. The molecule has 98 valence electrons. The van der Waals surface area contributed by atoms with Gasteiger partial charge < -0.3 is 9.84 Å². The number of ether oxygens (including phenoxy) is 1. The molecule has 0 amide bonds. The van der Waals surface area contributed by atoms with Crippen molar-refractivity contribution in [2.24, 2.45) is 0 Å². The number of nitro benzene ring substituents is 1. The second-order valence-corrected chi connectivity index (χ2v) is 3.85. The van der Waals surface area contributed by atoms with Gasteiger partial charge in [0.15, 0.2) is 0 Å². The van der Waals surface area contributed by atoms with Gasteiger partial charge in [0, 0.05) is 11.6 Å². The zero-order valence-electron chi connectivity index (χ0n) is 10.3. The fourth-order valence-electron chi connectivity index (χ4n) is 1.59. The SMILES string of the molecule is CCCCOc1ccc([N+](=O)[O-])c(C)c1C(=O)O. The van der Waals surface area contributed by atoms with Crippen molar-refractivity contribution >= 4 is 11.7 Å². The van der Waals surface area contributed by atoms with Crippen LogP contribution in [0.15, 0.2) is 12.1 Å². The van der Waals surface area contributed by atoms with Gasteiger partial charge in [-0.05, 0) is 19.4 Å². The summed E-state index contributed by atoms with van der Waals surface area (Å²) in [6.07, 6.45) is 1.73. The first-order chi connectivity index (χ1) is 8.49. The Hall–Kier alpha value is -2.11. The van der Waals surface area contributed by atoms with E-state index >= 15 is 0 Å². The highest BCUT2D eigenvalue weighted by Crippen LogP contribution is 2.29. The van der Waals surface area contributed by atoms with E-state index in [4.69, 9.17) is 9.84 Å². The summed E-state index contributed by atoms with van der Waals surface area (Å²) in [5.74, 6) is -1.04. The molecule has 1 aromatic rings. The highest BCUT2D eigenvalue weighted by Gasteiger charge is 2.22. The molecule has 0 aliphatic carbocycles. The molecule has 6 heteroatoms. The van der Waals surface area contributed by atoms with Crippen molar-refractivity contribution < 1.29 is 19.6 Å². The number of hydrogen-bond donors (Lipinski definition) is 1. The lowest BCUT2D eigenvalue weighted by atomic mass is 10.1. The first kappa shape index (κ1) is 14.0. The van der Waals surface area contributed by atoms with Crippen LogP contribution in [0.25, 0.3) is 0 Å². The van der Waals surface area contributed by atoms with E-state index < -0.39 is 10.9 Å². The third-order valence-electron chi connectivity index (χ3n) is 2.56. The van der Waals surface area contributed by atoms with Gasteiger partial charge in [-0.15, -0.1) is 0 Å². The van der Waals surface area contributed by atoms with Gasteiger partial charge in [0.05, 0.1) is 11.5 Å². The van der Waals surface area contributed by atoms with E-state index in [2.05, 4.69) is 0 Å². The molecule has 0 atom stereocenters. The van der Waals surface area contributed by atoms with E-state index in [-0.39, 0.29) is 22.6 Å². The summed E-state index contributed by atoms with van der Waals surface area (Å²) >= 11 is 0. The van der Waals surface area contributed by atoms with Crippen LogP contribution in [-0.2, 0) is 0 Å². The predicted molar refractivity (Wildman–Crippen MR) is 65.2 cm³/mol. The Bertz CT molecular complexity index is 470. The molecule has 0 unspecified atom stereocenters. The number of nitro groups is 1. The second kappa shape index (κ2) is 6.00. The number of hydrogen-bond acceptors (Lipinski definition) is 4. The lowest BCUT2D eigenvalue weighted by Crippen LogP contribution is -2.08. The summed E-state index contributed by atoms with van der Waals surface area (Å²) in [7, 11) is 0. The minimum Gasteiger partial charge on any atom is -0.493 e. The number of unbranched alkanes of at least 4 members (excludes halogenated alkanes) is 1. The van der Waals surface area contributed by atoms with Crippen LogP contribution in [0.5, 0.6) is 5.75 Å². The summed E-state index contributed by atoms with van der Waals surface area (Å²) in [5, 5.41) is 19.8. The van der Waals surface area contributed by atoms with Crippen LogP contribution >= 0.6 is 0 Å². The molecule has 1 N–H and O–H groups in total. The molecular formula is C12H15NO5. The fraction of sp³-hybridized carbons (Fsp3) is 0.417. The molecule has 18 heavy (non-hydrogen) atoms. The molecule has 0 radical (unpaired) electrons. The Morgan fingerprint density at radius 2 is 2.17 bits per heavy atom. The average Bonchev–Trinajstić information content (AvgIpc) is 2.28. The Morgan fingerprint density at radius 3 is 2.67 bits per heavy atom. The van der Waals surface area contributed by atoms with Gasteiger partial charge in [-0.2, -0.15) is 0 Å². The Morgan fingerprint density at radius 1 is 1.50 bits per heavy atom. The molecule has 1 aromatic carbocycles. The largest absolute Gasteiger partial charge is 0.493 e. The Labute approximate surface area is 104 Å². The van der Waals surface area contributed by atoms with Crippen LogP contribution in [-0.4, -0.2) is 22.6 Å². The van der Waals surface area contributed by atoms with Crippen molar-refractivity contribution in [2.75, 3.05) is 6.61 Å². The van der Waals surface area contributed by atoms with Crippen LogP contribution in [0.1, 0.15) is 35.7 Å². The van der Waals surface area contributed by atoms with Crippen molar-refractivity contribution in [3.63, 3.8) is 0 Å². The third-order valence-corrected chi connectivity index (χ3v) is 2.56. The summed E-state index contributed by atoms with van der Waals surface area (Å²) in [5.41, 5.74) is -0.239. The molecule has 0 saturated heterocycles. The molecule has 0 aromatic heterocycles. The van der Waals surface area contributed by atoms with Crippen molar-refractivity contribution in [3.05, 3.63) is 33.4 Å². The summed E-state index contributed by atoms with van der Waals surface area (Å²) in [4.78, 5) is 21.3. The van der Waals surface area contributed by atoms with Gasteiger partial charge >= 0.3 is 5.97 Å². The number of rotatable bonds is 6. The second-order valence-electron chi connectivity index (χ2n) is 3.85. The van der Waals surface area contributed by atoms with Crippen LogP contribution < -0.4 is 4.74 Å². The van der Waals surface area contributed by atoms with E-state index in [1.165, 1.54) is 19.1 Å². The number of nitrogens with zero attached hydrogens (tertiary/aromatic N) is 1. The predicted octanol–water partition coefficient (Wildman–Crippen LogP) is 2.78. The van der Waals surface area contributed by atoms with Crippen molar-refractivity contribution in [1.29, 1.82) is 0 Å². The first-order valence-electron chi connectivity index (χ1n) is 5.63. The third kappa shape index (κ3) is 2.97. The van der Waals surface area contributed by atoms with Gasteiger partial charge in [-0.25, -0.2) is 4.79 Å². The number of aromatic carboxylic acids is 1. The number of benzene rings is 1. The maximum atomic E-state index is 11.1. The standard InChI is InChI=1S/C12H15NO5/c1-3-4-7-18-10-6-5-9(13(16)17)8(2)11(10)12(14)15/h5-6H,3-4,7H2,1-2H3,(H,14,15). The Balaban J connectivity index is 3.15. The highest BCUT2D eigenvalue weighted by molar-refractivity contribution is 5.93. The topological polar surface area (TPSA) is 89.7 Å². The lowest BCUT2D eigenvalue weighted by Gasteiger charge is -2.10. The lowest BCUT2D eigenvalue weighted by molar-refractivity contribution is -0.385. The molecule has 0 fully saturated rings. The summed E-state index contributed by atoms with van der Waals surface area (Å²) < 4.78 is 5.35. The van der Waals surface area contributed by atoms with Gasteiger partial charge in [-0.3, -0.25) is 10.1 Å². The van der Waals surface area contributed by atoms with Crippen LogP contribution in [0.2, 0.25) is 0 Å². The normalized spacial score (nSPS) is 10.1. The van der Waals surface area contributed by atoms with Crippen LogP contribution in [0, 0.1) is 17.0 Å². The molecule has 1 rings (SSSR count). The van der Waals surface area contributed by atoms with Gasteiger partial charge in [0.25, 0.3) is 5.69 Å². The molecule has 6 nitrogen and oxygen atoms in total. The molecular weight excluding hydrogens is 238 g/mol. The Kier molecular flexibility index (Phi) is 4.65. The minimum atomic E-state index is -1.22. The van der Waals surface area contributed by atoms with Crippen molar-refractivity contribution in [1.82, 2.24) is 0 Å². The smallest absolute Gasteiger partial charge is 0.340 e. The first-order valence-corrected chi connectivity index (χ1v) is 5.63. The van der Waals surface area contributed by atoms with E-state index in [1.54, 1.807) is 0 Å². The van der Waals surface area contributed by atoms with E-state index in [9.17, 15) is 14.9 Å². The summed E-state index contributed by atoms with van der Waals surface area (Å²) in [6.45, 7) is 3.80. The molecule has 0 aliphatic heterocycles. The van der Waals surface area contributed by atoms with E-state index in [1.807, 2.05) is 6.92 Å². The number of carboxylic acids is 1. The van der Waals surface area contributed by atoms with E-state index in [0.29, 0.717) is 6.61 Å². The van der Waals surface area contributed by atoms with Crippen molar-refractivity contribution in [2.45, 2.75) is 26.7 Å². The zero-order valence-corrected chi connectivity index (χ0v) is 10.3. The molecule has 0 heterocycles. The van der Waals surface area contributed by atoms with Crippen LogP contribution in [0.3, 0.4) is 0 Å². The molecule has 0 aliphatic rings. The maximum absolute atomic E-state index is 11.1. The summed E-state index contributed by atoms with van der Waals surface area (Å²) in [6, 6.07) is 2.60. The van der Waals surface area contributed by atoms with Crippen molar-refractivity contribution in [3.8, 4) is 5.75 Å². The minimum absolute atomic E-state index is 0.112. The molecule has 0 spiro atoms. The van der Waals surface area contributed by atoms with Gasteiger partial charge in [0.1, 0.15) is 11.3 Å². The van der Waals surface area contributed by atoms with E-state index in [0.717, 1.165) is 12.8 Å². The quantitative estimate of drug-likeness (QED) is 0.478. The number of carbonyl (C=O) groups is 1. The monoisotopic (exact) mass is 253 g/mol. The van der Waals surface area contributed by atoms with Gasteiger partial charge in [0.2, 0.25) is 0 Å². The number of carboxylic acid groups (broad SMARTS) is 1. The average molecular weight is 253 g/mol. The van der Waals surface area contributed by atoms with Crippen LogP contribution in [0.4, 0.5) is 5.69 Å². The highest BCUT2D eigenvalue weighted by atomic mass is 16.6. The fourth-order valence-corrected chi connectivity index (χ4v) is 1.59. The molecule has 0 bridgehead atoms. The maximum Gasteiger partial charge on any atom is 0.340 e. The molecule has 0 saturated carbocycles.